The van der Waals surface area contributed by atoms with E-state index >= 15 is 0 Å². The Morgan fingerprint density at radius 1 is 0.493 bits per heavy atom. The number of phosphoric ester groups is 1. The number of hydrogen-bond acceptors (Lipinski definition) is 5. The number of carbonyl (C=O) groups is 1. The van der Waals surface area contributed by atoms with Gasteiger partial charge in [0, 0.05) is 6.42 Å². The first-order valence-electron chi connectivity index (χ1n) is 29.5. The molecule has 0 saturated heterocycles. The van der Waals surface area contributed by atoms with Gasteiger partial charge in [0.05, 0.1) is 39.9 Å². The summed E-state index contributed by atoms with van der Waals surface area (Å²) in [5.74, 6) is -0.202. The molecule has 3 unspecified atom stereocenters. The Morgan fingerprint density at radius 3 is 1.24 bits per heavy atom. The van der Waals surface area contributed by atoms with Crippen LogP contribution in [0.2, 0.25) is 0 Å². The highest BCUT2D eigenvalue weighted by Gasteiger charge is 2.27. The van der Waals surface area contributed by atoms with Crippen LogP contribution in [0.1, 0.15) is 251 Å². The fraction of sp³-hybridized carbons (Fsp3) is 0.758. The normalized spacial score (nSPS) is 14.5. The van der Waals surface area contributed by atoms with Crippen LogP contribution in [0.3, 0.4) is 0 Å². The molecule has 0 fully saturated rings. The number of nitrogens with zero attached hydrogens (tertiary/aromatic N) is 1. The first-order valence-corrected chi connectivity index (χ1v) is 31.0. The molecule has 0 radical (unpaired) electrons. The van der Waals surface area contributed by atoms with Gasteiger partial charge in [0.1, 0.15) is 13.2 Å². The first kappa shape index (κ1) is 68.7. The second-order valence-electron chi connectivity index (χ2n) is 21.0. The van der Waals surface area contributed by atoms with Gasteiger partial charge in [-0.2, -0.15) is 0 Å². The molecule has 71 heavy (non-hydrogen) atoms. The third kappa shape index (κ3) is 55.3. The maximum Gasteiger partial charge on any atom is 0.472 e. The second-order valence-corrected chi connectivity index (χ2v) is 22.4. The van der Waals surface area contributed by atoms with Crippen molar-refractivity contribution in [1.82, 2.24) is 5.32 Å². The molecule has 3 atom stereocenters. The van der Waals surface area contributed by atoms with Gasteiger partial charge in [0.25, 0.3) is 0 Å². The molecule has 1 amide bonds. The largest absolute Gasteiger partial charge is 0.472 e. The first-order chi connectivity index (χ1) is 34.5. The Labute approximate surface area is 439 Å². The fourth-order valence-corrected chi connectivity index (χ4v) is 9.02. The predicted molar refractivity (Wildman–Crippen MR) is 309 cm³/mol. The van der Waals surface area contributed by atoms with Crippen molar-refractivity contribution in [2.24, 2.45) is 0 Å². The number of carbonyl (C=O) groups excluding carboxylic acids is 1. The smallest absolute Gasteiger partial charge is 0.387 e. The number of likely N-dealkylation sites (N-methyl/N-ethyl adjacent to an activating group) is 1. The highest BCUT2D eigenvalue weighted by Crippen LogP contribution is 2.43. The van der Waals surface area contributed by atoms with Crippen molar-refractivity contribution < 1.29 is 32.9 Å². The molecule has 412 valence electrons. The van der Waals surface area contributed by atoms with E-state index in [0.29, 0.717) is 17.4 Å². The van der Waals surface area contributed by atoms with Crippen LogP contribution in [0.4, 0.5) is 0 Å². The minimum atomic E-state index is -4.36. The average molecular weight is 1010 g/mol. The molecule has 0 rings (SSSR count). The van der Waals surface area contributed by atoms with Crippen LogP contribution in [-0.4, -0.2) is 73.4 Å². The minimum absolute atomic E-state index is 0.0520. The molecule has 0 aliphatic rings. The van der Waals surface area contributed by atoms with Crippen LogP contribution in [-0.2, 0) is 18.4 Å². The highest BCUT2D eigenvalue weighted by atomic mass is 31.2. The van der Waals surface area contributed by atoms with Gasteiger partial charge < -0.3 is 19.8 Å². The second kappa shape index (κ2) is 52.5. The standard InChI is InChI=1S/C62H113N2O6P/c1-6-8-10-12-14-16-18-20-22-24-26-28-30-31-32-34-35-37-39-41-43-45-47-49-51-53-55-61(65)60(59-70-71(67,68)69-58-57-64(3,4)5)63-62(66)56-54-52-50-48-46-44-42-40-38-36-33-29-27-25-23-21-19-17-15-13-11-9-7-2/h9,11,15,17,21,23,27,29,36,38,42,44,53,55,60-61,65H,6-8,10,12-14,16,18-20,22,24-26,28,30-35,37,39-41,43,45-52,54,56-59H2,1-5H3,(H-,63,66,67,68)/p+1/b11-9-,17-15-,23-21-,29-27-,38-36-,44-42-,55-53+. The quantitative estimate of drug-likeness (QED) is 0.0243. The molecule has 0 bridgehead atoms. The Morgan fingerprint density at radius 2 is 0.845 bits per heavy atom. The van der Waals surface area contributed by atoms with Crippen LogP contribution < -0.4 is 5.32 Å². The number of nitrogens with one attached hydrogen (secondary N) is 1. The van der Waals surface area contributed by atoms with Gasteiger partial charge in [-0.1, -0.05) is 259 Å². The van der Waals surface area contributed by atoms with Gasteiger partial charge in [-0.15, -0.1) is 0 Å². The third-order valence-corrected chi connectivity index (χ3v) is 13.9. The van der Waals surface area contributed by atoms with Crippen LogP contribution in [0.25, 0.3) is 0 Å². The number of rotatable bonds is 53. The van der Waals surface area contributed by atoms with E-state index in [1.54, 1.807) is 6.08 Å². The average Bonchev–Trinajstić information content (AvgIpc) is 3.33. The lowest BCUT2D eigenvalue weighted by Crippen LogP contribution is -2.45. The number of unbranched alkanes of at least 4 members (excludes halogenated alkanes) is 28. The third-order valence-electron chi connectivity index (χ3n) is 12.9. The molecule has 9 heteroatoms. The monoisotopic (exact) mass is 1010 g/mol. The summed E-state index contributed by atoms with van der Waals surface area (Å²) in [4.78, 5) is 23.3. The van der Waals surface area contributed by atoms with Crippen molar-refractivity contribution >= 4 is 13.7 Å². The summed E-state index contributed by atoms with van der Waals surface area (Å²) in [6.45, 7) is 4.70. The van der Waals surface area contributed by atoms with Gasteiger partial charge >= 0.3 is 7.82 Å². The zero-order valence-electron chi connectivity index (χ0n) is 46.9. The zero-order chi connectivity index (χ0) is 52.0. The lowest BCUT2D eigenvalue weighted by atomic mass is 10.0. The topological polar surface area (TPSA) is 105 Å². The molecule has 0 aromatic rings. The number of aliphatic hydroxyl groups excluding tert-OH is 1. The lowest BCUT2D eigenvalue weighted by Gasteiger charge is -2.25. The number of aliphatic hydroxyl groups is 1. The van der Waals surface area contributed by atoms with Crippen LogP contribution >= 0.6 is 7.82 Å². The van der Waals surface area contributed by atoms with Crippen molar-refractivity contribution in [3.05, 3.63) is 85.1 Å². The minimum Gasteiger partial charge on any atom is -0.387 e. The van der Waals surface area contributed by atoms with Crippen molar-refractivity contribution in [3.63, 3.8) is 0 Å². The highest BCUT2D eigenvalue weighted by molar-refractivity contribution is 7.47. The van der Waals surface area contributed by atoms with Crippen LogP contribution in [0.5, 0.6) is 0 Å². The van der Waals surface area contributed by atoms with E-state index < -0.39 is 20.0 Å². The lowest BCUT2D eigenvalue weighted by molar-refractivity contribution is -0.870. The number of quaternary nitrogens is 1. The van der Waals surface area contributed by atoms with Crippen molar-refractivity contribution in [2.45, 2.75) is 264 Å². The molecule has 0 spiro atoms. The summed E-state index contributed by atoms with van der Waals surface area (Å²) in [7, 11) is 1.55. The molecule has 8 nitrogen and oxygen atoms in total. The molecular weight excluding hydrogens is 900 g/mol. The van der Waals surface area contributed by atoms with E-state index in [1.807, 2.05) is 27.2 Å². The van der Waals surface area contributed by atoms with E-state index in [2.05, 4.69) is 92.1 Å². The summed E-state index contributed by atoms with van der Waals surface area (Å²) in [5.41, 5.74) is 0. The molecule has 0 heterocycles. The van der Waals surface area contributed by atoms with Crippen LogP contribution in [0, 0.1) is 0 Å². The van der Waals surface area contributed by atoms with Gasteiger partial charge in [-0.25, -0.2) is 4.57 Å². The zero-order valence-corrected chi connectivity index (χ0v) is 47.8. The maximum absolute atomic E-state index is 13.0. The number of phosphoric acid groups is 1. The Balaban J connectivity index is 4.27. The predicted octanol–water partition coefficient (Wildman–Crippen LogP) is 18.0. The summed E-state index contributed by atoms with van der Waals surface area (Å²) >= 11 is 0. The Hall–Kier alpha value is -2.32. The van der Waals surface area contributed by atoms with Crippen LogP contribution in [0.15, 0.2) is 85.1 Å². The van der Waals surface area contributed by atoms with Gasteiger partial charge in [-0.05, 0) is 70.6 Å². The molecule has 0 aliphatic carbocycles. The molecule has 0 saturated carbocycles. The van der Waals surface area contributed by atoms with Crippen molar-refractivity contribution in [1.29, 1.82) is 0 Å². The number of hydrogen-bond donors (Lipinski definition) is 3. The molecule has 0 aromatic heterocycles. The molecular formula is C62H114N2O6P+. The molecule has 0 aliphatic heterocycles. The molecule has 3 N–H and O–H groups in total. The van der Waals surface area contributed by atoms with E-state index in [4.69, 9.17) is 9.05 Å². The van der Waals surface area contributed by atoms with Gasteiger partial charge in [-0.3, -0.25) is 13.8 Å². The summed E-state index contributed by atoms with van der Waals surface area (Å²) in [6, 6.07) is -0.867. The fourth-order valence-electron chi connectivity index (χ4n) is 8.28. The summed E-state index contributed by atoms with van der Waals surface area (Å²) in [5, 5.41) is 13.9. The van der Waals surface area contributed by atoms with Crippen molar-refractivity contribution in [3.8, 4) is 0 Å². The maximum atomic E-state index is 13.0. The molecule has 0 aromatic carbocycles. The van der Waals surface area contributed by atoms with Crippen molar-refractivity contribution in [2.75, 3.05) is 40.9 Å². The number of allylic oxidation sites excluding steroid dienone is 13. The number of amides is 1. The van der Waals surface area contributed by atoms with E-state index in [-0.39, 0.29) is 19.1 Å². The van der Waals surface area contributed by atoms with E-state index in [9.17, 15) is 19.4 Å². The Bertz CT molecular complexity index is 1430. The van der Waals surface area contributed by atoms with Gasteiger partial charge in [0.15, 0.2) is 0 Å². The van der Waals surface area contributed by atoms with E-state index in [0.717, 1.165) is 89.9 Å². The summed E-state index contributed by atoms with van der Waals surface area (Å²) in [6.07, 6.45) is 74.0. The SMILES string of the molecule is CC/C=C\C/C=C\C/C=C\C/C=C\C/C=C\C/C=C\CCCCCCC(=O)NC(COP(=O)(O)OCC[N+](C)(C)C)C(O)/C=C/CCCCCCCCCCCCCCCCCCCCCCCCCC. The Kier molecular flexibility index (Phi) is 50.8. The summed E-state index contributed by atoms with van der Waals surface area (Å²) < 4.78 is 23.7. The van der Waals surface area contributed by atoms with E-state index in [1.165, 1.54) is 141 Å². The van der Waals surface area contributed by atoms with Gasteiger partial charge in [0.2, 0.25) is 5.91 Å².